The van der Waals surface area contributed by atoms with E-state index in [4.69, 9.17) is 4.74 Å². The van der Waals surface area contributed by atoms with Crippen molar-refractivity contribution in [2.24, 2.45) is 0 Å². The summed E-state index contributed by atoms with van der Waals surface area (Å²) in [5, 5.41) is 12.4. The maximum atomic E-state index is 13.0. The van der Waals surface area contributed by atoms with E-state index in [1.807, 2.05) is 42.5 Å². The standard InChI is InChI=1S/C30H41N3O5/c1-23(2)33-20-26-19-25(11-13-27(26)38-18-8-4-7-16-31-28(34)21-33)12-14-29(35)32(22-30(36)37)17-15-24-9-5-3-6-10-24/h3,5-6,9-11,13,19,23H,4,7-8,12,14-18,20-22H2,1-2H3,(H,31,34)(H,36,37). The van der Waals surface area contributed by atoms with Crippen molar-refractivity contribution in [1.82, 2.24) is 15.1 Å². The zero-order chi connectivity index (χ0) is 27.3. The number of hydrogen-bond acceptors (Lipinski definition) is 5. The van der Waals surface area contributed by atoms with Crippen LogP contribution in [0.1, 0.15) is 56.2 Å². The molecule has 0 unspecified atom stereocenters. The number of carboxylic acid groups (broad SMARTS) is 1. The van der Waals surface area contributed by atoms with E-state index in [0.29, 0.717) is 45.6 Å². The summed E-state index contributed by atoms with van der Waals surface area (Å²) < 4.78 is 6.12. The molecule has 1 heterocycles. The first-order chi connectivity index (χ1) is 18.3. The number of aryl methyl sites for hydroxylation is 1. The van der Waals surface area contributed by atoms with Gasteiger partial charge in [-0.25, -0.2) is 0 Å². The Kier molecular flexibility index (Phi) is 11.6. The molecule has 0 aromatic heterocycles. The van der Waals surface area contributed by atoms with E-state index in [1.165, 1.54) is 4.90 Å². The van der Waals surface area contributed by atoms with Gasteiger partial charge in [-0.3, -0.25) is 19.3 Å². The Balaban J connectivity index is 1.70. The lowest BCUT2D eigenvalue weighted by molar-refractivity contribution is -0.144. The van der Waals surface area contributed by atoms with Crippen molar-refractivity contribution in [3.63, 3.8) is 0 Å². The van der Waals surface area contributed by atoms with Crippen LogP contribution < -0.4 is 10.1 Å². The molecule has 1 aliphatic rings. The zero-order valence-electron chi connectivity index (χ0n) is 22.7. The summed E-state index contributed by atoms with van der Waals surface area (Å²) in [6, 6.07) is 15.9. The average Bonchev–Trinajstić information content (AvgIpc) is 2.91. The lowest BCUT2D eigenvalue weighted by Crippen LogP contribution is -2.40. The second-order valence-corrected chi connectivity index (χ2v) is 10.1. The van der Waals surface area contributed by atoms with Crippen LogP contribution in [0.25, 0.3) is 0 Å². The van der Waals surface area contributed by atoms with Crippen molar-refractivity contribution in [2.75, 3.05) is 32.8 Å². The summed E-state index contributed by atoms with van der Waals surface area (Å²) in [5.74, 6) is -0.363. The molecule has 38 heavy (non-hydrogen) atoms. The van der Waals surface area contributed by atoms with Crippen molar-refractivity contribution >= 4 is 17.8 Å². The number of rotatable bonds is 9. The Morgan fingerprint density at radius 1 is 1.03 bits per heavy atom. The molecule has 8 nitrogen and oxygen atoms in total. The highest BCUT2D eigenvalue weighted by molar-refractivity contribution is 5.81. The van der Waals surface area contributed by atoms with Gasteiger partial charge >= 0.3 is 5.97 Å². The highest BCUT2D eigenvalue weighted by Crippen LogP contribution is 2.24. The molecule has 0 saturated carbocycles. The fraction of sp³-hybridized carbons (Fsp3) is 0.500. The van der Waals surface area contributed by atoms with Crippen LogP contribution in [0.4, 0.5) is 0 Å². The van der Waals surface area contributed by atoms with Crippen LogP contribution >= 0.6 is 0 Å². The molecule has 0 bridgehead atoms. The number of aliphatic carboxylic acids is 1. The third kappa shape index (κ3) is 9.82. The van der Waals surface area contributed by atoms with Gasteiger partial charge in [0.1, 0.15) is 12.3 Å². The largest absolute Gasteiger partial charge is 0.493 e. The summed E-state index contributed by atoms with van der Waals surface area (Å²) in [6.07, 6.45) is 4.16. The minimum Gasteiger partial charge on any atom is -0.493 e. The van der Waals surface area contributed by atoms with Gasteiger partial charge in [-0.1, -0.05) is 42.5 Å². The Hall–Kier alpha value is -3.39. The lowest BCUT2D eigenvalue weighted by atomic mass is 10.0. The molecule has 2 aromatic rings. The van der Waals surface area contributed by atoms with Crippen LogP contribution in [0.15, 0.2) is 48.5 Å². The third-order valence-corrected chi connectivity index (χ3v) is 6.80. The number of ether oxygens (including phenoxy) is 1. The van der Waals surface area contributed by atoms with Crippen molar-refractivity contribution in [2.45, 2.75) is 65.0 Å². The highest BCUT2D eigenvalue weighted by Gasteiger charge is 2.19. The van der Waals surface area contributed by atoms with Crippen LogP contribution in [0, 0.1) is 0 Å². The first-order valence-electron chi connectivity index (χ1n) is 13.6. The SMILES string of the molecule is CC(C)N1CC(=O)NCCCCCOc2ccc(CCC(=O)N(CCc3ccccc3)CC(=O)O)cc2C1. The quantitative estimate of drug-likeness (QED) is 0.521. The molecule has 2 amide bonds. The first-order valence-corrected chi connectivity index (χ1v) is 13.6. The van der Waals surface area contributed by atoms with Crippen LogP contribution in [-0.4, -0.2) is 71.5 Å². The Morgan fingerprint density at radius 3 is 2.55 bits per heavy atom. The number of nitrogens with zero attached hydrogens (tertiary/aromatic N) is 2. The lowest BCUT2D eigenvalue weighted by Gasteiger charge is -2.27. The summed E-state index contributed by atoms with van der Waals surface area (Å²) in [6.45, 7) is 6.36. The first kappa shape index (κ1) is 29.2. The molecule has 206 valence electrons. The van der Waals surface area contributed by atoms with Gasteiger partial charge in [-0.05, 0) is 63.1 Å². The monoisotopic (exact) mass is 523 g/mol. The average molecular weight is 524 g/mol. The van der Waals surface area contributed by atoms with Gasteiger partial charge in [-0.2, -0.15) is 0 Å². The number of benzene rings is 2. The molecule has 2 aromatic carbocycles. The summed E-state index contributed by atoms with van der Waals surface area (Å²) in [7, 11) is 0. The minimum absolute atomic E-state index is 0.0243. The molecular weight excluding hydrogens is 482 g/mol. The number of carboxylic acids is 1. The number of hydrogen-bond donors (Lipinski definition) is 2. The molecule has 0 aliphatic carbocycles. The van der Waals surface area contributed by atoms with Gasteiger partial charge in [0.15, 0.2) is 0 Å². The van der Waals surface area contributed by atoms with Gasteiger partial charge in [0.25, 0.3) is 0 Å². The van der Waals surface area contributed by atoms with E-state index in [-0.39, 0.29) is 30.8 Å². The number of carbonyl (C=O) groups excluding carboxylic acids is 2. The molecule has 3 rings (SSSR count). The maximum absolute atomic E-state index is 13.0. The van der Waals surface area contributed by atoms with Crippen LogP contribution in [0.2, 0.25) is 0 Å². The van der Waals surface area contributed by atoms with Gasteiger partial charge < -0.3 is 20.1 Å². The minimum atomic E-state index is -1.02. The van der Waals surface area contributed by atoms with Crippen LogP contribution in [0.5, 0.6) is 5.75 Å². The zero-order valence-corrected chi connectivity index (χ0v) is 22.7. The van der Waals surface area contributed by atoms with E-state index < -0.39 is 5.97 Å². The van der Waals surface area contributed by atoms with E-state index in [0.717, 1.165) is 41.7 Å². The van der Waals surface area contributed by atoms with Crippen LogP contribution in [0.3, 0.4) is 0 Å². The summed E-state index contributed by atoms with van der Waals surface area (Å²) in [5.41, 5.74) is 3.04. The van der Waals surface area contributed by atoms with E-state index >= 15 is 0 Å². The molecule has 1 aliphatic heterocycles. The molecule has 8 heteroatoms. The molecule has 2 N–H and O–H groups in total. The molecule has 0 atom stereocenters. The van der Waals surface area contributed by atoms with E-state index in [1.54, 1.807) is 0 Å². The van der Waals surface area contributed by atoms with Gasteiger partial charge in [0.05, 0.1) is 13.2 Å². The van der Waals surface area contributed by atoms with Gasteiger partial charge in [0.2, 0.25) is 11.8 Å². The summed E-state index contributed by atoms with van der Waals surface area (Å²) >= 11 is 0. The fourth-order valence-corrected chi connectivity index (χ4v) is 4.52. The van der Waals surface area contributed by atoms with E-state index in [9.17, 15) is 19.5 Å². The van der Waals surface area contributed by atoms with Crippen LogP contribution in [-0.2, 0) is 33.8 Å². The molecule has 0 fully saturated rings. The molecule has 0 radical (unpaired) electrons. The predicted molar refractivity (Wildman–Crippen MR) is 147 cm³/mol. The Morgan fingerprint density at radius 2 is 1.82 bits per heavy atom. The van der Waals surface area contributed by atoms with Crippen molar-refractivity contribution in [3.05, 3.63) is 65.2 Å². The molecular formula is C30H41N3O5. The second kappa shape index (κ2) is 15.1. The Labute approximate surface area is 226 Å². The molecule has 0 saturated heterocycles. The van der Waals surface area contributed by atoms with Crippen molar-refractivity contribution in [3.8, 4) is 5.75 Å². The Bertz CT molecular complexity index is 1060. The fourth-order valence-electron chi connectivity index (χ4n) is 4.52. The van der Waals surface area contributed by atoms with Gasteiger partial charge in [-0.15, -0.1) is 0 Å². The number of fused-ring (bicyclic) bond motifs is 1. The van der Waals surface area contributed by atoms with Crippen molar-refractivity contribution < 1.29 is 24.2 Å². The number of carbonyl (C=O) groups is 3. The maximum Gasteiger partial charge on any atom is 0.323 e. The van der Waals surface area contributed by atoms with E-state index in [2.05, 4.69) is 30.1 Å². The topological polar surface area (TPSA) is 99.2 Å². The predicted octanol–water partition coefficient (Wildman–Crippen LogP) is 3.66. The second-order valence-electron chi connectivity index (χ2n) is 10.1. The smallest absolute Gasteiger partial charge is 0.323 e. The highest BCUT2D eigenvalue weighted by atomic mass is 16.5. The van der Waals surface area contributed by atoms with Crippen molar-refractivity contribution in [1.29, 1.82) is 0 Å². The normalized spacial score (nSPS) is 15.3. The number of nitrogens with one attached hydrogen (secondary N) is 1. The summed E-state index contributed by atoms with van der Waals surface area (Å²) in [4.78, 5) is 40.4. The number of amides is 2. The van der Waals surface area contributed by atoms with Gasteiger partial charge in [0, 0.05) is 37.7 Å². The molecule has 0 spiro atoms. The third-order valence-electron chi connectivity index (χ3n) is 6.80.